The van der Waals surface area contributed by atoms with Gasteiger partial charge in [-0.05, 0) is 74.6 Å². The summed E-state index contributed by atoms with van der Waals surface area (Å²) in [4.78, 5) is 14.8. The van der Waals surface area contributed by atoms with Crippen molar-refractivity contribution in [2.24, 2.45) is 5.92 Å². The molecule has 0 unspecified atom stereocenters. The van der Waals surface area contributed by atoms with Crippen LogP contribution in [0.15, 0.2) is 54.6 Å². The van der Waals surface area contributed by atoms with Crippen LogP contribution in [0.25, 0.3) is 11.3 Å². The summed E-state index contributed by atoms with van der Waals surface area (Å²) in [5.41, 5.74) is 5.53. The van der Waals surface area contributed by atoms with E-state index in [9.17, 15) is 4.79 Å². The highest BCUT2D eigenvalue weighted by Crippen LogP contribution is 2.25. The fourth-order valence-corrected chi connectivity index (χ4v) is 4.37. The number of nitrogens with one attached hydrogen (secondary N) is 1. The number of benzene rings is 2. The molecule has 1 aliphatic rings. The molecule has 1 aromatic heterocycles. The van der Waals surface area contributed by atoms with E-state index >= 15 is 0 Å². The van der Waals surface area contributed by atoms with Crippen LogP contribution < -0.4 is 15.0 Å². The molecule has 1 aliphatic heterocycles. The van der Waals surface area contributed by atoms with Crippen LogP contribution in [0.3, 0.4) is 0 Å². The van der Waals surface area contributed by atoms with Crippen molar-refractivity contribution in [1.82, 2.24) is 15.5 Å². The number of ether oxygens (including phenoxy) is 1. The van der Waals surface area contributed by atoms with E-state index in [-0.39, 0.29) is 11.8 Å². The largest absolute Gasteiger partial charge is 0.492 e. The van der Waals surface area contributed by atoms with Gasteiger partial charge in [-0.25, -0.2) is 0 Å². The molecular formula is C27H32N4O2. The summed E-state index contributed by atoms with van der Waals surface area (Å²) in [5, 5.41) is 11.9. The van der Waals surface area contributed by atoms with Crippen LogP contribution in [0, 0.1) is 26.7 Å². The van der Waals surface area contributed by atoms with E-state index in [1.165, 1.54) is 16.7 Å². The van der Waals surface area contributed by atoms with E-state index in [0.29, 0.717) is 13.2 Å². The first kappa shape index (κ1) is 22.8. The number of aryl methyl sites for hydroxylation is 3. The Morgan fingerprint density at radius 1 is 1.00 bits per heavy atom. The fourth-order valence-electron chi connectivity index (χ4n) is 4.37. The van der Waals surface area contributed by atoms with Crippen molar-refractivity contribution < 1.29 is 9.53 Å². The highest BCUT2D eigenvalue weighted by atomic mass is 16.5. The Kier molecular flexibility index (Phi) is 7.23. The first-order valence-corrected chi connectivity index (χ1v) is 11.6. The Balaban J connectivity index is 1.22. The summed E-state index contributed by atoms with van der Waals surface area (Å²) in [6.07, 6.45) is 1.62. The first-order chi connectivity index (χ1) is 16.0. The molecule has 1 saturated heterocycles. The first-order valence-electron chi connectivity index (χ1n) is 11.6. The molecule has 2 aromatic carbocycles. The van der Waals surface area contributed by atoms with E-state index < -0.39 is 0 Å². The van der Waals surface area contributed by atoms with Crippen LogP contribution in [0.2, 0.25) is 0 Å². The molecule has 0 radical (unpaired) electrons. The van der Waals surface area contributed by atoms with Crippen molar-refractivity contribution in [3.05, 3.63) is 71.3 Å². The maximum atomic E-state index is 12.6. The number of hydrogen-bond donors (Lipinski definition) is 1. The third-order valence-electron chi connectivity index (χ3n) is 6.13. The lowest BCUT2D eigenvalue weighted by atomic mass is 9.96. The van der Waals surface area contributed by atoms with Crippen LogP contribution in [0.5, 0.6) is 5.75 Å². The standard InChI is InChI=1S/C27H32N4O2/c1-19-16-20(2)18-23(17-19)33-15-12-28-27(32)22-10-13-31(14-11-22)26-9-8-25(29-30-26)24-7-5-4-6-21(24)3/h4-9,16-18,22H,10-15H2,1-3H3,(H,28,32). The maximum Gasteiger partial charge on any atom is 0.223 e. The summed E-state index contributed by atoms with van der Waals surface area (Å²) in [7, 11) is 0. The molecule has 4 rings (SSSR count). The Morgan fingerprint density at radius 3 is 2.39 bits per heavy atom. The molecule has 0 spiro atoms. The highest BCUT2D eigenvalue weighted by Gasteiger charge is 2.25. The number of hydrogen-bond acceptors (Lipinski definition) is 5. The van der Waals surface area contributed by atoms with Gasteiger partial charge in [0.05, 0.1) is 12.2 Å². The smallest absolute Gasteiger partial charge is 0.223 e. The topological polar surface area (TPSA) is 67.3 Å². The van der Waals surface area contributed by atoms with Crippen LogP contribution in [0.1, 0.15) is 29.5 Å². The van der Waals surface area contributed by atoms with Crippen LogP contribution in [0.4, 0.5) is 5.82 Å². The molecular weight excluding hydrogens is 412 g/mol. The lowest BCUT2D eigenvalue weighted by molar-refractivity contribution is -0.125. The number of aromatic nitrogens is 2. The van der Waals surface area contributed by atoms with Crippen LogP contribution >= 0.6 is 0 Å². The third kappa shape index (κ3) is 5.89. The number of amides is 1. The average Bonchev–Trinajstić information content (AvgIpc) is 2.82. The summed E-state index contributed by atoms with van der Waals surface area (Å²) >= 11 is 0. The molecule has 2 heterocycles. The zero-order valence-electron chi connectivity index (χ0n) is 19.7. The summed E-state index contributed by atoms with van der Waals surface area (Å²) in [6, 6.07) is 18.4. The summed E-state index contributed by atoms with van der Waals surface area (Å²) in [5.74, 6) is 1.86. The van der Waals surface area contributed by atoms with E-state index in [1.54, 1.807) is 0 Å². The van der Waals surface area contributed by atoms with Gasteiger partial charge >= 0.3 is 0 Å². The van der Waals surface area contributed by atoms with Gasteiger partial charge in [0.2, 0.25) is 5.91 Å². The molecule has 172 valence electrons. The molecule has 1 N–H and O–H groups in total. The van der Waals surface area contributed by atoms with Gasteiger partial charge in [0, 0.05) is 24.6 Å². The predicted molar refractivity (Wildman–Crippen MR) is 132 cm³/mol. The quantitative estimate of drug-likeness (QED) is 0.544. The molecule has 6 heteroatoms. The van der Waals surface area contributed by atoms with Crippen molar-refractivity contribution in [3.8, 4) is 17.0 Å². The molecule has 1 amide bonds. The number of carbonyl (C=O) groups excluding carboxylic acids is 1. The number of carbonyl (C=O) groups is 1. The zero-order valence-corrected chi connectivity index (χ0v) is 19.7. The average molecular weight is 445 g/mol. The SMILES string of the molecule is Cc1cc(C)cc(OCCNC(=O)C2CCN(c3ccc(-c4ccccc4C)nn3)CC2)c1. The molecule has 0 bridgehead atoms. The van der Waals surface area contributed by atoms with E-state index in [1.807, 2.05) is 36.4 Å². The van der Waals surface area contributed by atoms with Gasteiger partial charge < -0.3 is 15.0 Å². The van der Waals surface area contributed by atoms with Gasteiger partial charge in [-0.2, -0.15) is 0 Å². The monoisotopic (exact) mass is 444 g/mol. The number of anilines is 1. The second-order valence-corrected chi connectivity index (χ2v) is 8.82. The summed E-state index contributed by atoms with van der Waals surface area (Å²) in [6.45, 7) is 8.77. The molecule has 6 nitrogen and oxygen atoms in total. The Morgan fingerprint density at radius 2 is 1.73 bits per heavy atom. The van der Waals surface area contributed by atoms with E-state index in [0.717, 1.165) is 48.8 Å². The minimum atomic E-state index is 0.0293. The molecule has 0 saturated carbocycles. The number of nitrogens with zero attached hydrogens (tertiary/aromatic N) is 3. The highest BCUT2D eigenvalue weighted by molar-refractivity contribution is 5.79. The van der Waals surface area contributed by atoms with Crippen molar-refractivity contribution in [1.29, 1.82) is 0 Å². The normalized spacial score (nSPS) is 14.2. The fraction of sp³-hybridized carbons (Fsp3) is 0.370. The molecule has 0 aliphatic carbocycles. The van der Waals surface area contributed by atoms with Gasteiger partial charge in [0.25, 0.3) is 0 Å². The van der Waals surface area contributed by atoms with Gasteiger partial charge in [0.1, 0.15) is 12.4 Å². The third-order valence-corrected chi connectivity index (χ3v) is 6.13. The van der Waals surface area contributed by atoms with Crippen molar-refractivity contribution in [2.75, 3.05) is 31.1 Å². The Labute approximate surface area is 196 Å². The maximum absolute atomic E-state index is 12.6. The van der Waals surface area contributed by atoms with Crippen LogP contribution in [-0.4, -0.2) is 42.3 Å². The van der Waals surface area contributed by atoms with Gasteiger partial charge in [-0.15, -0.1) is 10.2 Å². The zero-order chi connectivity index (χ0) is 23.2. The van der Waals surface area contributed by atoms with Crippen molar-refractivity contribution in [2.45, 2.75) is 33.6 Å². The van der Waals surface area contributed by atoms with Gasteiger partial charge in [-0.3, -0.25) is 4.79 Å². The molecule has 0 atom stereocenters. The minimum absolute atomic E-state index is 0.0293. The van der Waals surface area contributed by atoms with Gasteiger partial charge in [-0.1, -0.05) is 30.3 Å². The van der Waals surface area contributed by atoms with E-state index in [2.05, 4.69) is 59.4 Å². The van der Waals surface area contributed by atoms with Crippen LogP contribution in [-0.2, 0) is 4.79 Å². The molecule has 33 heavy (non-hydrogen) atoms. The Bertz CT molecular complexity index is 1070. The van der Waals surface area contributed by atoms with Crippen molar-refractivity contribution >= 4 is 11.7 Å². The molecule has 1 fully saturated rings. The van der Waals surface area contributed by atoms with E-state index in [4.69, 9.17) is 4.74 Å². The molecule has 3 aromatic rings. The second-order valence-electron chi connectivity index (χ2n) is 8.82. The van der Waals surface area contributed by atoms with Gasteiger partial charge in [0.15, 0.2) is 5.82 Å². The predicted octanol–water partition coefficient (Wildman–Crippen LogP) is 4.48. The number of rotatable bonds is 7. The lowest BCUT2D eigenvalue weighted by Crippen LogP contribution is -2.41. The van der Waals surface area contributed by atoms with Crippen molar-refractivity contribution in [3.63, 3.8) is 0 Å². The summed E-state index contributed by atoms with van der Waals surface area (Å²) < 4.78 is 5.79. The Hall–Kier alpha value is -3.41. The number of piperidine rings is 1. The second kappa shape index (κ2) is 10.5. The minimum Gasteiger partial charge on any atom is -0.492 e. The lowest BCUT2D eigenvalue weighted by Gasteiger charge is -2.31.